The summed E-state index contributed by atoms with van der Waals surface area (Å²) in [6.07, 6.45) is 0.968. The van der Waals surface area contributed by atoms with Gasteiger partial charge in [-0.2, -0.15) is 5.10 Å². The quantitative estimate of drug-likeness (QED) is 0.919. The van der Waals surface area contributed by atoms with Crippen molar-refractivity contribution in [3.05, 3.63) is 51.6 Å². The predicted octanol–water partition coefficient (Wildman–Crippen LogP) is 3.37. The van der Waals surface area contributed by atoms with Crippen molar-refractivity contribution in [3.63, 3.8) is 0 Å². The average molecular weight is 311 g/mol. The van der Waals surface area contributed by atoms with Crippen LogP contribution in [-0.2, 0) is 19.9 Å². The van der Waals surface area contributed by atoms with E-state index in [1.54, 1.807) is 12.1 Å². The lowest BCUT2D eigenvalue weighted by Gasteiger charge is -2.12. The Bertz CT molecular complexity index is 639. The van der Waals surface area contributed by atoms with E-state index in [1.807, 2.05) is 25.6 Å². The highest BCUT2D eigenvalue weighted by Crippen LogP contribution is 2.21. The Labute approximate surface area is 129 Å². The summed E-state index contributed by atoms with van der Waals surface area (Å²) >= 11 is 5.75. The first-order chi connectivity index (χ1) is 9.90. The number of nitrogens with zero attached hydrogens (tertiary/aromatic N) is 2. The maximum absolute atomic E-state index is 13.8. The van der Waals surface area contributed by atoms with Crippen LogP contribution in [0, 0.1) is 19.7 Å². The average Bonchev–Trinajstić information content (AvgIpc) is 2.67. The van der Waals surface area contributed by atoms with Crippen LogP contribution in [0.1, 0.15) is 28.9 Å². The molecule has 0 amide bonds. The van der Waals surface area contributed by atoms with Gasteiger partial charge < -0.3 is 5.11 Å². The van der Waals surface area contributed by atoms with Crippen molar-refractivity contribution in [1.29, 1.82) is 0 Å². The Balaban J connectivity index is 1.99. The van der Waals surface area contributed by atoms with Crippen molar-refractivity contribution < 1.29 is 9.50 Å². The molecule has 5 heteroatoms. The molecule has 0 aliphatic carbocycles. The molecule has 2 aromatic rings. The van der Waals surface area contributed by atoms with Gasteiger partial charge >= 0.3 is 0 Å². The van der Waals surface area contributed by atoms with E-state index < -0.39 is 11.9 Å². The van der Waals surface area contributed by atoms with E-state index in [2.05, 4.69) is 5.10 Å². The van der Waals surface area contributed by atoms with Gasteiger partial charge in [0.2, 0.25) is 0 Å². The van der Waals surface area contributed by atoms with Gasteiger partial charge in [0.15, 0.2) is 0 Å². The number of rotatable bonds is 5. The molecule has 0 spiro atoms. The maximum atomic E-state index is 13.8. The first kappa shape index (κ1) is 16.0. The molecule has 1 N–H and O–H groups in total. The molecule has 0 aliphatic heterocycles. The number of aliphatic hydroxyl groups is 1. The molecular weight excluding hydrogens is 291 g/mol. The fraction of sp³-hybridized carbons (Fsp3) is 0.438. The van der Waals surface area contributed by atoms with Crippen molar-refractivity contribution >= 4 is 11.6 Å². The van der Waals surface area contributed by atoms with E-state index in [9.17, 15) is 9.50 Å². The van der Waals surface area contributed by atoms with Gasteiger partial charge in [-0.05, 0) is 43.9 Å². The number of aliphatic hydroxyl groups excluding tert-OH is 1. The van der Waals surface area contributed by atoms with Crippen LogP contribution >= 0.6 is 11.6 Å². The molecule has 0 saturated carbocycles. The fourth-order valence-electron chi connectivity index (χ4n) is 2.55. The highest BCUT2D eigenvalue weighted by molar-refractivity contribution is 6.30. The lowest BCUT2D eigenvalue weighted by molar-refractivity contribution is 0.164. The van der Waals surface area contributed by atoms with Crippen LogP contribution in [0.25, 0.3) is 0 Å². The van der Waals surface area contributed by atoms with E-state index in [0.29, 0.717) is 12.0 Å². The van der Waals surface area contributed by atoms with Crippen LogP contribution in [-0.4, -0.2) is 21.0 Å². The Morgan fingerprint density at radius 1 is 1.38 bits per heavy atom. The van der Waals surface area contributed by atoms with E-state index in [-0.39, 0.29) is 11.4 Å². The van der Waals surface area contributed by atoms with Gasteiger partial charge in [-0.15, -0.1) is 0 Å². The van der Waals surface area contributed by atoms with Crippen molar-refractivity contribution in [2.24, 2.45) is 7.05 Å². The molecule has 114 valence electrons. The van der Waals surface area contributed by atoms with Gasteiger partial charge in [-0.1, -0.05) is 23.7 Å². The SMILES string of the molecule is Cc1nn(C)c(C)c1CCC(O)Cc1cccc(Cl)c1F. The summed E-state index contributed by atoms with van der Waals surface area (Å²) in [6.45, 7) is 3.98. The number of aryl methyl sites for hydroxylation is 2. The third-order valence-electron chi connectivity index (χ3n) is 3.87. The van der Waals surface area contributed by atoms with Gasteiger partial charge in [0.05, 0.1) is 16.8 Å². The van der Waals surface area contributed by atoms with Crippen molar-refractivity contribution in [2.45, 2.75) is 39.2 Å². The molecule has 1 atom stereocenters. The number of hydrogen-bond donors (Lipinski definition) is 1. The van der Waals surface area contributed by atoms with Crippen LogP contribution in [0.2, 0.25) is 5.02 Å². The number of benzene rings is 1. The summed E-state index contributed by atoms with van der Waals surface area (Å²) in [5.41, 5.74) is 3.70. The van der Waals surface area contributed by atoms with Gasteiger partial charge in [0, 0.05) is 19.2 Å². The van der Waals surface area contributed by atoms with Crippen LogP contribution in [0.15, 0.2) is 18.2 Å². The van der Waals surface area contributed by atoms with Gasteiger partial charge in [-0.3, -0.25) is 4.68 Å². The number of aromatic nitrogens is 2. The molecule has 0 fully saturated rings. The molecule has 0 saturated heterocycles. The van der Waals surface area contributed by atoms with Crippen LogP contribution in [0.3, 0.4) is 0 Å². The standard InChI is InChI=1S/C16H20ClFN2O/c1-10-14(11(2)20(3)19-10)8-7-13(21)9-12-5-4-6-15(17)16(12)18/h4-6,13,21H,7-9H2,1-3H3. The minimum atomic E-state index is -0.600. The Hall–Kier alpha value is -1.39. The van der Waals surface area contributed by atoms with E-state index in [4.69, 9.17) is 11.6 Å². The van der Waals surface area contributed by atoms with Crippen molar-refractivity contribution in [2.75, 3.05) is 0 Å². The lowest BCUT2D eigenvalue weighted by atomic mass is 10.00. The molecule has 3 nitrogen and oxygen atoms in total. The van der Waals surface area contributed by atoms with E-state index >= 15 is 0 Å². The molecule has 0 radical (unpaired) electrons. The Morgan fingerprint density at radius 3 is 2.71 bits per heavy atom. The third-order valence-corrected chi connectivity index (χ3v) is 4.17. The monoisotopic (exact) mass is 310 g/mol. The third kappa shape index (κ3) is 3.63. The number of halogens is 2. The van der Waals surface area contributed by atoms with Crippen molar-refractivity contribution in [1.82, 2.24) is 9.78 Å². The van der Waals surface area contributed by atoms with E-state index in [0.717, 1.165) is 23.4 Å². The summed E-state index contributed by atoms with van der Waals surface area (Å²) in [5.74, 6) is -0.438. The summed E-state index contributed by atoms with van der Waals surface area (Å²) in [7, 11) is 1.91. The van der Waals surface area contributed by atoms with Gasteiger partial charge in [0.25, 0.3) is 0 Å². The van der Waals surface area contributed by atoms with Crippen molar-refractivity contribution in [3.8, 4) is 0 Å². The molecule has 2 rings (SSSR count). The first-order valence-electron chi connectivity index (χ1n) is 7.00. The fourth-order valence-corrected chi connectivity index (χ4v) is 2.75. The highest BCUT2D eigenvalue weighted by atomic mass is 35.5. The zero-order chi connectivity index (χ0) is 15.6. The predicted molar refractivity (Wildman–Crippen MR) is 82.1 cm³/mol. The largest absolute Gasteiger partial charge is 0.393 e. The molecule has 1 aromatic heterocycles. The zero-order valence-electron chi connectivity index (χ0n) is 12.5. The molecule has 1 heterocycles. The minimum absolute atomic E-state index is 0.0960. The summed E-state index contributed by atoms with van der Waals surface area (Å²) in [6, 6.07) is 4.86. The minimum Gasteiger partial charge on any atom is -0.393 e. The molecular formula is C16H20ClFN2O. The summed E-state index contributed by atoms with van der Waals surface area (Å²) in [5, 5.41) is 14.6. The molecule has 0 aliphatic rings. The smallest absolute Gasteiger partial charge is 0.145 e. The molecule has 1 unspecified atom stereocenters. The summed E-state index contributed by atoms with van der Waals surface area (Å²) in [4.78, 5) is 0. The van der Waals surface area contributed by atoms with Gasteiger partial charge in [-0.25, -0.2) is 4.39 Å². The Kier molecular flexibility index (Phi) is 5.01. The molecule has 1 aromatic carbocycles. The molecule has 21 heavy (non-hydrogen) atoms. The van der Waals surface area contributed by atoms with Gasteiger partial charge in [0.1, 0.15) is 5.82 Å². The maximum Gasteiger partial charge on any atom is 0.145 e. The zero-order valence-corrected chi connectivity index (χ0v) is 13.3. The second-order valence-electron chi connectivity index (χ2n) is 5.38. The first-order valence-corrected chi connectivity index (χ1v) is 7.38. The second-order valence-corrected chi connectivity index (χ2v) is 5.79. The van der Waals surface area contributed by atoms with Crippen LogP contribution < -0.4 is 0 Å². The molecule has 0 bridgehead atoms. The lowest BCUT2D eigenvalue weighted by Crippen LogP contribution is -2.13. The normalized spacial score (nSPS) is 12.7. The summed E-state index contributed by atoms with van der Waals surface area (Å²) < 4.78 is 15.6. The highest BCUT2D eigenvalue weighted by Gasteiger charge is 2.14. The second kappa shape index (κ2) is 6.58. The van der Waals surface area contributed by atoms with Crippen LogP contribution in [0.5, 0.6) is 0 Å². The number of hydrogen-bond acceptors (Lipinski definition) is 2. The van der Waals surface area contributed by atoms with E-state index in [1.165, 1.54) is 6.07 Å². The van der Waals surface area contributed by atoms with Crippen LogP contribution in [0.4, 0.5) is 4.39 Å². The topological polar surface area (TPSA) is 38.0 Å². The Morgan fingerprint density at radius 2 is 2.10 bits per heavy atom.